The van der Waals surface area contributed by atoms with Gasteiger partial charge < -0.3 is 4.90 Å². The number of nitro groups is 1. The van der Waals surface area contributed by atoms with Gasteiger partial charge in [-0.2, -0.15) is 4.31 Å². The van der Waals surface area contributed by atoms with Gasteiger partial charge in [0.25, 0.3) is 11.6 Å². The van der Waals surface area contributed by atoms with Crippen LogP contribution in [0, 0.1) is 15.9 Å². The maximum absolute atomic E-state index is 13.9. The molecular formula is C18H18FN3O5S2. The Bertz CT molecular complexity index is 1050. The number of hydrogen-bond acceptors (Lipinski definition) is 6. The minimum absolute atomic E-state index is 0.00734. The lowest BCUT2D eigenvalue weighted by molar-refractivity contribution is -0.387. The van der Waals surface area contributed by atoms with Crippen LogP contribution in [0.5, 0.6) is 0 Å². The molecule has 0 saturated carbocycles. The maximum atomic E-state index is 13.9. The predicted octanol–water partition coefficient (Wildman–Crippen LogP) is 2.60. The lowest BCUT2D eigenvalue weighted by Gasteiger charge is -2.34. The summed E-state index contributed by atoms with van der Waals surface area (Å²) in [4.78, 5) is 24.9. The van der Waals surface area contributed by atoms with Gasteiger partial charge >= 0.3 is 0 Å². The molecule has 2 aromatic carbocycles. The highest BCUT2D eigenvalue weighted by atomic mass is 32.2. The van der Waals surface area contributed by atoms with E-state index in [0.717, 1.165) is 10.4 Å². The molecule has 1 fully saturated rings. The molecular weight excluding hydrogens is 421 g/mol. The quantitative estimate of drug-likeness (QED) is 0.403. The molecule has 0 aromatic heterocycles. The third-order valence-corrected chi connectivity index (χ3v) is 7.32. The van der Waals surface area contributed by atoms with Crippen LogP contribution in [0.15, 0.2) is 52.3 Å². The van der Waals surface area contributed by atoms with E-state index in [0.29, 0.717) is 4.90 Å². The Hall–Kier alpha value is -2.50. The fourth-order valence-corrected chi connectivity index (χ4v) is 5.11. The van der Waals surface area contributed by atoms with Crippen LogP contribution in [0.1, 0.15) is 10.4 Å². The Morgan fingerprint density at radius 2 is 1.79 bits per heavy atom. The molecule has 29 heavy (non-hydrogen) atoms. The van der Waals surface area contributed by atoms with Gasteiger partial charge in [0.2, 0.25) is 10.0 Å². The van der Waals surface area contributed by atoms with Gasteiger partial charge in [-0.3, -0.25) is 14.9 Å². The minimum Gasteiger partial charge on any atom is -0.336 e. The second kappa shape index (κ2) is 8.47. The van der Waals surface area contributed by atoms with E-state index in [1.807, 2.05) is 0 Å². The van der Waals surface area contributed by atoms with Crippen molar-refractivity contribution in [2.45, 2.75) is 9.79 Å². The second-order valence-electron chi connectivity index (χ2n) is 6.27. The zero-order valence-electron chi connectivity index (χ0n) is 15.4. The van der Waals surface area contributed by atoms with E-state index in [2.05, 4.69) is 0 Å². The molecule has 0 bridgehead atoms. The molecule has 11 heteroatoms. The first-order valence-corrected chi connectivity index (χ1v) is 11.3. The highest BCUT2D eigenvalue weighted by Crippen LogP contribution is 2.29. The standard InChI is InChI=1S/C18H18FN3O5S2/c1-28-16-7-6-13(12-15(16)22(24)25)18(23)20-8-10-21(11-9-20)29(26,27)17-5-3-2-4-14(17)19/h2-7,12H,8-11H2,1H3. The van der Waals surface area contributed by atoms with Crippen molar-refractivity contribution in [2.24, 2.45) is 0 Å². The summed E-state index contributed by atoms with van der Waals surface area (Å²) in [6.45, 7) is 0.218. The average molecular weight is 439 g/mol. The zero-order chi connectivity index (χ0) is 21.2. The molecule has 0 N–H and O–H groups in total. The zero-order valence-corrected chi connectivity index (χ0v) is 17.1. The molecule has 1 aliphatic rings. The van der Waals surface area contributed by atoms with Crippen LogP contribution in [0.3, 0.4) is 0 Å². The Labute approximate surface area is 171 Å². The summed E-state index contributed by atoms with van der Waals surface area (Å²) >= 11 is 1.21. The van der Waals surface area contributed by atoms with Gasteiger partial charge in [0.1, 0.15) is 10.7 Å². The van der Waals surface area contributed by atoms with Crippen molar-refractivity contribution in [3.63, 3.8) is 0 Å². The van der Waals surface area contributed by atoms with Gasteiger partial charge in [0.15, 0.2) is 0 Å². The lowest BCUT2D eigenvalue weighted by atomic mass is 10.1. The van der Waals surface area contributed by atoms with Crippen LogP contribution in [0.2, 0.25) is 0 Å². The van der Waals surface area contributed by atoms with Crippen molar-refractivity contribution in [1.82, 2.24) is 9.21 Å². The van der Waals surface area contributed by atoms with Gasteiger partial charge in [0, 0.05) is 37.8 Å². The fraction of sp³-hybridized carbons (Fsp3) is 0.278. The fourth-order valence-electron chi connectivity index (χ4n) is 3.07. The molecule has 0 radical (unpaired) electrons. The molecule has 2 aromatic rings. The largest absolute Gasteiger partial charge is 0.336 e. The van der Waals surface area contributed by atoms with Crippen LogP contribution >= 0.6 is 11.8 Å². The van der Waals surface area contributed by atoms with Gasteiger partial charge in [-0.05, 0) is 30.5 Å². The maximum Gasteiger partial charge on any atom is 0.283 e. The highest BCUT2D eigenvalue weighted by Gasteiger charge is 2.32. The molecule has 0 aliphatic carbocycles. The van der Waals surface area contributed by atoms with E-state index in [4.69, 9.17) is 0 Å². The number of nitro benzene ring substituents is 1. The van der Waals surface area contributed by atoms with E-state index >= 15 is 0 Å². The molecule has 1 saturated heterocycles. The molecule has 0 atom stereocenters. The smallest absolute Gasteiger partial charge is 0.283 e. The monoisotopic (exact) mass is 439 g/mol. The van der Waals surface area contributed by atoms with Gasteiger partial charge in [-0.1, -0.05) is 12.1 Å². The Balaban J connectivity index is 1.74. The number of carbonyl (C=O) groups excluding carboxylic acids is 1. The van der Waals surface area contributed by atoms with Crippen LogP contribution < -0.4 is 0 Å². The van der Waals surface area contributed by atoms with E-state index < -0.39 is 31.6 Å². The summed E-state index contributed by atoms with van der Waals surface area (Å²) in [5.41, 5.74) is 0.0176. The Morgan fingerprint density at radius 1 is 1.14 bits per heavy atom. The molecule has 3 rings (SSSR count). The number of benzene rings is 2. The summed E-state index contributed by atoms with van der Waals surface area (Å²) in [7, 11) is -4.01. The van der Waals surface area contributed by atoms with E-state index in [-0.39, 0.29) is 37.4 Å². The Kier molecular flexibility index (Phi) is 6.20. The molecule has 0 unspecified atom stereocenters. The van der Waals surface area contributed by atoms with Crippen LogP contribution in [-0.2, 0) is 10.0 Å². The molecule has 0 spiro atoms. The number of hydrogen-bond donors (Lipinski definition) is 0. The van der Waals surface area contributed by atoms with E-state index in [1.165, 1.54) is 53.1 Å². The number of amides is 1. The third kappa shape index (κ3) is 4.26. The van der Waals surface area contributed by atoms with Crippen molar-refractivity contribution in [1.29, 1.82) is 0 Å². The number of rotatable bonds is 5. The first kappa shape index (κ1) is 21.2. The van der Waals surface area contributed by atoms with Crippen molar-refractivity contribution in [3.05, 3.63) is 64.0 Å². The lowest BCUT2D eigenvalue weighted by Crippen LogP contribution is -2.50. The Morgan fingerprint density at radius 3 is 2.38 bits per heavy atom. The van der Waals surface area contributed by atoms with Crippen molar-refractivity contribution < 1.29 is 22.5 Å². The number of carbonyl (C=O) groups is 1. The average Bonchev–Trinajstić information content (AvgIpc) is 2.73. The first-order valence-electron chi connectivity index (χ1n) is 8.62. The van der Waals surface area contributed by atoms with Crippen molar-refractivity contribution in [2.75, 3.05) is 32.4 Å². The topological polar surface area (TPSA) is 101 Å². The summed E-state index contributed by atoms with van der Waals surface area (Å²) in [5, 5.41) is 11.2. The van der Waals surface area contributed by atoms with Crippen LogP contribution in [0.25, 0.3) is 0 Å². The van der Waals surface area contributed by atoms with Crippen molar-refractivity contribution in [3.8, 4) is 0 Å². The van der Waals surface area contributed by atoms with E-state index in [9.17, 15) is 27.7 Å². The van der Waals surface area contributed by atoms with Gasteiger partial charge in [-0.25, -0.2) is 12.8 Å². The molecule has 1 heterocycles. The summed E-state index contributed by atoms with van der Waals surface area (Å²) in [5.74, 6) is -1.24. The van der Waals surface area contributed by atoms with Crippen LogP contribution in [-0.4, -0.2) is 60.9 Å². The number of piperazine rings is 1. The number of thioether (sulfide) groups is 1. The predicted molar refractivity (Wildman–Crippen MR) is 106 cm³/mol. The summed E-state index contributed by atoms with van der Waals surface area (Å²) < 4.78 is 40.3. The normalized spacial score (nSPS) is 15.3. The number of sulfonamides is 1. The van der Waals surface area contributed by atoms with Gasteiger partial charge in [-0.15, -0.1) is 11.8 Å². The molecule has 8 nitrogen and oxygen atoms in total. The van der Waals surface area contributed by atoms with Crippen molar-refractivity contribution >= 4 is 33.4 Å². The summed E-state index contributed by atoms with van der Waals surface area (Å²) in [6, 6.07) is 9.41. The number of nitrogens with zero attached hydrogens (tertiary/aromatic N) is 3. The van der Waals surface area contributed by atoms with Crippen LogP contribution in [0.4, 0.5) is 10.1 Å². The molecule has 1 aliphatic heterocycles. The minimum atomic E-state index is -4.01. The highest BCUT2D eigenvalue weighted by molar-refractivity contribution is 7.98. The summed E-state index contributed by atoms with van der Waals surface area (Å²) in [6.07, 6.45) is 1.71. The molecule has 154 valence electrons. The SMILES string of the molecule is CSc1ccc(C(=O)N2CCN(S(=O)(=O)c3ccccc3F)CC2)cc1[N+](=O)[O-]. The van der Waals surface area contributed by atoms with E-state index in [1.54, 1.807) is 6.26 Å². The third-order valence-electron chi connectivity index (χ3n) is 4.60. The second-order valence-corrected chi connectivity index (χ2v) is 9.02. The number of halogens is 1. The van der Waals surface area contributed by atoms with Gasteiger partial charge in [0.05, 0.1) is 9.82 Å². The first-order chi connectivity index (χ1) is 13.8. The molecule has 1 amide bonds.